The first kappa shape index (κ1) is 14.5. The number of hydrogen-bond donors (Lipinski definition) is 0. The second-order valence-corrected chi connectivity index (χ2v) is 6.95. The number of thioether (sulfide) groups is 1. The molecule has 0 aliphatic carbocycles. The van der Waals surface area contributed by atoms with Crippen molar-refractivity contribution in [2.24, 2.45) is 0 Å². The van der Waals surface area contributed by atoms with Crippen LogP contribution in [0.5, 0.6) is 0 Å². The van der Waals surface area contributed by atoms with Gasteiger partial charge in [0.1, 0.15) is 11.6 Å². The van der Waals surface area contributed by atoms with Crippen LogP contribution in [0, 0.1) is 5.82 Å². The number of aryl methyl sites for hydroxylation is 1. The van der Waals surface area contributed by atoms with Gasteiger partial charge in [-0.1, -0.05) is 11.6 Å². The molecule has 1 aliphatic rings. The lowest BCUT2D eigenvalue weighted by atomic mass is 10.1. The normalized spacial score (nSPS) is 16.9. The summed E-state index contributed by atoms with van der Waals surface area (Å²) in [6, 6.07) is 3.53. The Bertz CT molecular complexity index is 623. The van der Waals surface area contributed by atoms with Crippen LogP contribution >= 0.6 is 35.0 Å². The van der Waals surface area contributed by atoms with E-state index in [0.717, 1.165) is 35.7 Å². The van der Waals surface area contributed by atoms with Crippen LogP contribution in [0.3, 0.4) is 0 Å². The number of aromatic nitrogens is 2. The van der Waals surface area contributed by atoms with Crippen LogP contribution in [-0.2, 0) is 6.42 Å². The number of imidazole rings is 1. The maximum Gasteiger partial charge on any atom is 0.144 e. The highest BCUT2D eigenvalue weighted by atomic mass is 35.5. The van der Waals surface area contributed by atoms with Crippen molar-refractivity contribution >= 4 is 46.0 Å². The molecule has 20 heavy (non-hydrogen) atoms. The predicted octanol–water partition coefficient (Wildman–Crippen LogP) is 4.68. The third-order valence-electron chi connectivity index (χ3n) is 3.68. The first-order chi connectivity index (χ1) is 9.70. The summed E-state index contributed by atoms with van der Waals surface area (Å²) in [5.74, 6) is 3.34. The minimum atomic E-state index is -0.416. The molecular weight excluding hydrogens is 318 g/mol. The number of nitrogens with zero attached hydrogens (tertiary/aromatic N) is 2. The molecule has 3 rings (SSSR count). The molecule has 0 N–H and O–H groups in total. The van der Waals surface area contributed by atoms with Gasteiger partial charge in [0.25, 0.3) is 0 Å². The number of benzene rings is 1. The van der Waals surface area contributed by atoms with Gasteiger partial charge in [-0.25, -0.2) is 9.37 Å². The van der Waals surface area contributed by atoms with Crippen LogP contribution in [0.2, 0.25) is 5.02 Å². The average molecular weight is 333 g/mol. The summed E-state index contributed by atoms with van der Waals surface area (Å²) in [4.78, 5) is 4.55. The second-order valence-electron chi connectivity index (χ2n) is 4.94. The Kier molecular flexibility index (Phi) is 4.43. The SMILES string of the molecule is Fc1cc2nc(CCCl)n(C3CCSCC3)c2cc1Cl. The van der Waals surface area contributed by atoms with Crippen LogP contribution in [0.4, 0.5) is 4.39 Å². The molecule has 1 saturated heterocycles. The Balaban J connectivity index is 2.14. The van der Waals surface area contributed by atoms with Crippen molar-refractivity contribution in [1.82, 2.24) is 9.55 Å². The molecule has 2 nitrogen and oxygen atoms in total. The van der Waals surface area contributed by atoms with Crippen LogP contribution in [0.25, 0.3) is 11.0 Å². The van der Waals surface area contributed by atoms with E-state index >= 15 is 0 Å². The van der Waals surface area contributed by atoms with Crippen molar-refractivity contribution in [1.29, 1.82) is 0 Å². The van der Waals surface area contributed by atoms with Crippen LogP contribution in [-0.4, -0.2) is 26.9 Å². The molecule has 1 aromatic carbocycles. The summed E-state index contributed by atoms with van der Waals surface area (Å²) >= 11 is 13.8. The minimum absolute atomic E-state index is 0.154. The number of fused-ring (bicyclic) bond motifs is 1. The van der Waals surface area contributed by atoms with Gasteiger partial charge in [-0.3, -0.25) is 0 Å². The van der Waals surface area contributed by atoms with Gasteiger partial charge >= 0.3 is 0 Å². The zero-order valence-electron chi connectivity index (χ0n) is 10.9. The summed E-state index contributed by atoms with van der Waals surface area (Å²) in [6.45, 7) is 0. The minimum Gasteiger partial charge on any atom is -0.325 e. The lowest BCUT2D eigenvalue weighted by molar-refractivity contribution is 0.466. The Hall–Kier alpha value is -0.450. The maximum atomic E-state index is 13.6. The molecular formula is C14H15Cl2FN2S. The third-order valence-corrected chi connectivity index (χ3v) is 5.21. The molecule has 2 heterocycles. The van der Waals surface area contributed by atoms with Crippen LogP contribution in [0.1, 0.15) is 24.7 Å². The second kappa shape index (κ2) is 6.12. The van der Waals surface area contributed by atoms with Gasteiger partial charge in [0, 0.05) is 24.4 Å². The quantitative estimate of drug-likeness (QED) is 0.759. The summed E-state index contributed by atoms with van der Waals surface area (Å²) in [6.07, 6.45) is 2.92. The standard InChI is InChI=1S/C14H15Cl2FN2S/c15-4-1-14-18-12-8-11(17)10(16)7-13(12)19(14)9-2-5-20-6-3-9/h7-9H,1-6H2. The molecule has 1 fully saturated rings. The van der Waals surface area contributed by atoms with Gasteiger partial charge in [-0.2, -0.15) is 11.8 Å². The van der Waals surface area contributed by atoms with E-state index in [4.69, 9.17) is 23.2 Å². The fourth-order valence-electron chi connectivity index (χ4n) is 2.75. The van der Waals surface area contributed by atoms with Gasteiger partial charge in [-0.05, 0) is 30.4 Å². The number of rotatable bonds is 3. The molecule has 0 atom stereocenters. The van der Waals surface area contributed by atoms with E-state index in [1.165, 1.54) is 6.07 Å². The van der Waals surface area contributed by atoms with E-state index in [1.807, 2.05) is 11.8 Å². The average Bonchev–Trinajstić information content (AvgIpc) is 2.78. The highest BCUT2D eigenvalue weighted by molar-refractivity contribution is 7.99. The molecule has 0 amide bonds. The zero-order valence-corrected chi connectivity index (χ0v) is 13.2. The van der Waals surface area contributed by atoms with E-state index in [0.29, 0.717) is 23.9 Å². The zero-order chi connectivity index (χ0) is 14.1. The van der Waals surface area contributed by atoms with E-state index in [2.05, 4.69) is 9.55 Å². The van der Waals surface area contributed by atoms with Crippen molar-refractivity contribution < 1.29 is 4.39 Å². The molecule has 0 spiro atoms. The highest BCUT2D eigenvalue weighted by Gasteiger charge is 2.22. The van der Waals surface area contributed by atoms with E-state index < -0.39 is 5.82 Å². The fraction of sp³-hybridized carbons (Fsp3) is 0.500. The summed E-state index contributed by atoms with van der Waals surface area (Å²) in [7, 11) is 0. The maximum absolute atomic E-state index is 13.6. The largest absolute Gasteiger partial charge is 0.325 e. The Labute approximate surface area is 131 Å². The van der Waals surface area contributed by atoms with Crippen molar-refractivity contribution in [3.05, 3.63) is 28.8 Å². The highest BCUT2D eigenvalue weighted by Crippen LogP contribution is 2.33. The van der Waals surface area contributed by atoms with Crippen LogP contribution in [0.15, 0.2) is 12.1 Å². The van der Waals surface area contributed by atoms with Crippen molar-refractivity contribution in [2.45, 2.75) is 25.3 Å². The summed E-state index contributed by atoms with van der Waals surface area (Å²) in [5, 5.41) is 0.154. The van der Waals surface area contributed by atoms with E-state index in [-0.39, 0.29) is 5.02 Å². The Morgan fingerprint density at radius 1 is 1.35 bits per heavy atom. The molecule has 108 valence electrons. The monoisotopic (exact) mass is 332 g/mol. The molecule has 0 unspecified atom stereocenters. The van der Waals surface area contributed by atoms with Crippen LogP contribution < -0.4 is 0 Å². The first-order valence-corrected chi connectivity index (χ1v) is 8.77. The fourth-order valence-corrected chi connectivity index (χ4v) is 4.16. The Morgan fingerprint density at radius 2 is 2.10 bits per heavy atom. The number of alkyl halides is 1. The molecule has 2 aromatic rings. The first-order valence-electron chi connectivity index (χ1n) is 6.70. The van der Waals surface area contributed by atoms with Gasteiger partial charge < -0.3 is 4.57 Å². The molecule has 0 bridgehead atoms. The van der Waals surface area contributed by atoms with E-state index in [1.54, 1.807) is 6.07 Å². The van der Waals surface area contributed by atoms with Gasteiger partial charge in [0.05, 0.1) is 16.1 Å². The van der Waals surface area contributed by atoms with Crippen molar-refractivity contribution in [3.63, 3.8) is 0 Å². The topological polar surface area (TPSA) is 17.8 Å². The Morgan fingerprint density at radius 3 is 2.80 bits per heavy atom. The van der Waals surface area contributed by atoms with Crippen molar-refractivity contribution in [2.75, 3.05) is 17.4 Å². The lowest BCUT2D eigenvalue weighted by Crippen LogP contribution is -2.17. The smallest absolute Gasteiger partial charge is 0.144 e. The lowest BCUT2D eigenvalue weighted by Gasteiger charge is -2.25. The molecule has 6 heteroatoms. The molecule has 0 radical (unpaired) electrons. The number of halogens is 3. The molecule has 1 aliphatic heterocycles. The summed E-state index contributed by atoms with van der Waals surface area (Å²) in [5.41, 5.74) is 1.60. The molecule has 1 aromatic heterocycles. The third kappa shape index (κ3) is 2.66. The van der Waals surface area contributed by atoms with Crippen molar-refractivity contribution in [3.8, 4) is 0 Å². The van der Waals surface area contributed by atoms with E-state index in [9.17, 15) is 4.39 Å². The van der Waals surface area contributed by atoms with Gasteiger partial charge in [-0.15, -0.1) is 11.6 Å². The van der Waals surface area contributed by atoms with Gasteiger partial charge in [0.15, 0.2) is 0 Å². The molecule has 0 saturated carbocycles. The van der Waals surface area contributed by atoms with Gasteiger partial charge in [0.2, 0.25) is 0 Å². The number of hydrogen-bond acceptors (Lipinski definition) is 2. The summed E-state index contributed by atoms with van der Waals surface area (Å²) < 4.78 is 15.8. The predicted molar refractivity (Wildman–Crippen MR) is 84.7 cm³/mol.